The number of hydrogen-bond acceptors (Lipinski definition) is 4. The van der Waals surface area contributed by atoms with E-state index in [1.165, 1.54) is 13.3 Å². The van der Waals surface area contributed by atoms with Crippen LogP contribution in [0, 0.1) is 18.8 Å². The Hall–Kier alpha value is -2.15. The first-order valence-corrected chi connectivity index (χ1v) is 4.19. The van der Waals surface area contributed by atoms with E-state index >= 15 is 0 Å². The molecule has 0 fully saturated rings. The standard InChI is InChI=1S/C11H9NO3/c1-8-6-9(4-3-5-13)7-12-10(8)11(14)15-2/h5-7H,1-2H3. The number of esters is 1. The molecule has 0 atom stereocenters. The van der Waals surface area contributed by atoms with Gasteiger partial charge in [0.1, 0.15) is 0 Å². The van der Waals surface area contributed by atoms with Crippen LogP contribution in [0.5, 0.6) is 0 Å². The van der Waals surface area contributed by atoms with Crippen LogP contribution in [0.2, 0.25) is 0 Å². The fourth-order valence-corrected chi connectivity index (χ4v) is 1.07. The molecule has 0 amide bonds. The fourth-order valence-electron chi connectivity index (χ4n) is 1.07. The largest absolute Gasteiger partial charge is 0.464 e. The smallest absolute Gasteiger partial charge is 0.356 e. The van der Waals surface area contributed by atoms with Crippen LogP contribution in [-0.4, -0.2) is 24.3 Å². The number of aldehydes is 1. The van der Waals surface area contributed by atoms with E-state index in [0.717, 1.165) is 0 Å². The van der Waals surface area contributed by atoms with Crippen LogP contribution >= 0.6 is 0 Å². The van der Waals surface area contributed by atoms with Gasteiger partial charge >= 0.3 is 5.97 Å². The van der Waals surface area contributed by atoms with E-state index < -0.39 is 5.97 Å². The number of methoxy groups -OCH3 is 1. The van der Waals surface area contributed by atoms with E-state index in [9.17, 15) is 9.59 Å². The lowest BCUT2D eigenvalue weighted by molar-refractivity contribution is -0.103. The molecule has 1 rings (SSSR count). The van der Waals surface area contributed by atoms with Crippen molar-refractivity contribution in [2.45, 2.75) is 6.92 Å². The monoisotopic (exact) mass is 203 g/mol. The quantitative estimate of drug-likeness (QED) is 0.383. The third-order valence-corrected chi connectivity index (χ3v) is 1.73. The minimum absolute atomic E-state index is 0.258. The SMILES string of the molecule is COC(=O)c1ncc(C#CC=O)cc1C. The normalized spacial score (nSPS) is 8.67. The summed E-state index contributed by atoms with van der Waals surface area (Å²) in [4.78, 5) is 25.1. The summed E-state index contributed by atoms with van der Waals surface area (Å²) in [5.41, 5.74) is 1.51. The van der Waals surface area contributed by atoms with Crippen LogP contribution in [0.15, 0.2) is 12.3 Å². The maximum absolute atomic E-state index is 11.2. The van der Waals surface area contributed by atoms with E-state index in [1.54, 1.807) is 13.0 Å². The summed E-state index contributed by atoms with van der Waals surface area (Å²) in [6.45, 7) is 1.73. The van der Waals surface area contributed by atoms with E-state index in [4.69, 9.17) is 0 Å². The molecule has 0 unspecified atom stereocenters. The molecular weight excluding hydrogens is 194 g/mol. The molecule has 0 bridgehead atoms. The zero-order valence-corrected chi connectivity index (χ0v) is 8.40. The van der Waals surface area contributed by atoms with Crippen LogP contribution in [0.3, 0.4) is 0 Å². The molecule has 1 aromatic rings. The molecule has 0 N–H and O–H groups in total. The molecule has 15 heavy (non-hydrogen) atoms. The van der Waals surface area contributed by atoms with Gasteiger partial charge in [0.05, 0.1) is 7.11 Å². The van der Waals surface area contributed by atoms with Crippen molar-refractivity contribution in [1.82, 2.24) is 4.98 Å². The third kappa shape index (κ3) is 2.64. The highest BCUT2D eigenvalue weighted by Gasteiger charge is 2.10. The lowest BCUT2D eigenvalue weighted by Gasteiger charge is -2.02. The molecule has 4 heteroatoms. The molecule has 0 radical (unpaired) electrons. The van der Waals surface area contributed by atoms with Gasteiger partial charge < -0.3 is 4.74 Å². The van der Waals surface area contributed by atoms with Gasteiger partial charge in [-0.2, -0.15) is 0 Å². The topological polar surface area (TPSA) is 56.3 Å². The molecule has 0 aromatic carbocycles. The minimum atomic E-state index is -0.484. The Morgan fingerprint density at radius 3 is 2.87 bits per heavy atom. The summed E-state index contributed by atoms with van der Waals surface area (Å²) in [5, 5.41) is 0. The van der Waals surface area contributed by atoms with E-state index in [2.05, 4.69) is 21.6 Å². The average molecular weight is 203 g/mol. The second-order valence-electron chi connectivity index (χ2n) is 2.77. The highest BCUT2D eigenvalue weighted by Crippen LogP contribution is 2.07. The second-order valence-corrected chi connectivity index (χ2v) is 2.77. The van der Waals surface area contributed by atoms with Crippen molar-refractivity contribution < 1.29 is 14.3 Å². The Kier molecular flexibility index (Phi) is 3.58. The van der Waals surface area contributed by atoms with Crippen LogP contribution in [0.25, 0.3) is 0 Å². The summed E-state index contributed by atoms with van der Waals surface area (Å²) in [5.74, 6) is 4.37. The Morgan fingerprint density at radius 1 is 1.60 bits per heavy atom. The van der Waals surface area contributed by atoms with Gasteiger partial charge in [0.25, 0.3) is 0 Å². The first-order valence-electron chi connectivity index (χ1n) is 4.19. The summed E-state index contributed by atoms with van der Waals surface area (Å²) < 4.78 is 4.54. The number of hydrogen-bond donors (Lipinski definition) is 0. The lowest BCUT2D eigenvalue weighted by Crippen LogP contribution is -2.06. The number of carbonyl (C=O) groups is 2. The number of aromatic nitrogens is 1. The lowest BCUT2D eigenvalue weighted by atomic mass is 10.1. The van der Waals surface area contributed by atoms with Gasteiger partial charge in [0.2, 0.25) is 0 Å². The van der Waals surface area contributed by atoms with Crippen molar-refractivity contribution in [2.75, 3.05) is 7.11 Å². The third-order valence-electron chi connectivity index (χ3n) is 1.73. The molecule has 0 saturated heterocycles. The van der Waals surface area contributed by atoms with Gasteiger partial charge in [-0.3, -0.25) is 4.79 Å². The van der Waals surface area contributed by atoms with Crippen LogP contribution in [-0.2, 0) is 9.53 Å². The molecule has 0 aliphatic heterocycles. The van der Waals surface area contributed by atoms with Crippen molar-refractivity contribution in [3.05, 3.63) is 29.1 Å². The molecule has 0 saturated carbocycles. The predicted molar refractivity (Wildman–Crippen MR) is 53.3 cm³/mol. The van der Waals surface area contributed by atoms with Gasteiger partial charge in [-0.05, 0) is 24.5 Å². The number of carbonyl (C=O) groups excluding carboxylic acids is 2. The van der Waals surface area contributed by atoms with E-state index in [-0.39, 0.29) is 5.69 Å². The van der Waals surface area contributed by atoms with Crippen molar-refractivity contribution in [3.8, 4) is 11.8 Å². The zero-order valence-electron chi connectivity index (χ0n) is 8.40. The first-order chi connectivity index (χ1) is 7.19. The molecule has 0 aliphatic carbocycles. The second kappa shape index (κ2) is 4.91. The number of rotatable bonds is 1. The van der Waals surface area contributed by atoms with Crippen LogP contribution in [0.4, 0.5) is 0 Å². The number of nitrogens with zero attached hydrogens (tertiary/aromatic N) is 1. The first kappa shape index (κ1) is 10.9. The van der Waals surface area contributed by atoms with Crippen LogP contribution in [0.1, 0.15) is 21.6 Å². The van der Waals surface area contributed by atoms with E-state index in [1.807, 2.05) is 0 Å². The minimum Gasteiger partial charge on any atom is -0.464 e. The number of pyridine rings is 1. The summed E-state index contributed by atoms with van der Waals surface area (Å²) >= 11 is 0. The predicted octanol–water partition coefficient (Wildman–Crippen LogP) is 0.727. The maximum Gasteiger partial charge on any atom is 0.356 e. The molecule has 1 aromatic heterocycles. The molecule has 1 heterocycles. The van der Waals surface area contributed by atoms with Gasteiger partial charge in [0.15, 0.2) is 12.0 Å². The molecule has 76 valence electrons. The highest BCUT2D eigenvalue weighted by molar-refractivity contribution is 5.88. The number of ether oxygens (including phenoxy) is 1. The Labute approximate surface area is 87.3 Å². The Bertz CT molecular complexity index is 455. The molecule has 4 nitrogen and oxygen atoms in total. The summed E-state index contributed by atoms with van der Waals surface area (Å²) in [6.07, 6.45) is 1.93. The van der Waals surface area contributed by atoms with Gasteiger partial charge in [-0.25, -0.2) is 9.78 Å². The zero-order chi connectivity index (χ0) is 11.3. The summed E-state index contributed by atoms with van der Waals surface area (Å²) in [7, 11) is 1.30. The summed E-state index contributed by atoms with van der Waals surface area (Å²) in [6, 6.07) is 1.68. The van der Waals surface area contributed by atoms with Crippen molar-refractivity contribution in [3.63, 3.8) is 0 Å². The van der Waals surface area contributed by atoms with E-state index in [0.29, 0.717) is 17.4 Å². The van der Waals surface area contributed by atoms with Crippen molar-refractivity contribution in [2.24, 2.45) is 0 Å². The molecule has 0 aliphatic rings. The number of aryl methyl sites for hydroxylation is 1. The van der Waals surface area contributed by atoms with Crippen molar-refractivity contribution in [1.29, 1.82) is 0 Å². The molecular formula is C11H9NO3. The van der Waals surface area contributed by atoms with Gasteiger partial charge in [0, 0.05) is 11.8 Å². The van der Waals surface area contributed by atoms with Crippen molar-refractivity contribution >= 4 is 12.3 Å². The highest BCUT2D eigenvalue weighted by atomic mass is 16.5. The average Bonchev–Trinajstić information content (AvgIpc) is 2.25. The van der Waals surface area contributed by atoms with Gasteiger partial charge in [-0.15, -0.1) is 0 Å². The Balaban J connectivity index is 3.08. The fraction of sp³-hybridized carbons (Fsp3) is 0.182. The maximum atomic E-state index is 11.2. The Morgan fingerprint density at radius 2 is 2.33 bits per heavy atom. The van der Waals surface area contributed by atoms with Gasteiger partial charge in [-0.1, -0.05) is 5.92 Å². The molecule has 0 spiro atoms. The van der Waals surface area contributed by atoms with Crippen LogP contribution < -0.4 is 0 Å².